The SMILES string of the molecule is CC(=O)OC(Br)c1cc(C(F)(F)F)cc(C(F)(F)F)c1. The van der Waals surface area contributed by atoms with Crippen molar-refractivity contribution >= 4 is 21.9 Å². The van der Waals surface area contributed by atoms with Gasteiger partial charge in [-0.3, -0.25) is 4.79 Å². The number of rotatable bonds is 2. The Morgan fingerprint density at radius 2 is 1.45 bits per heavy atom. The van der Waals surface area contributed by atoms with E-state index in [0.29, 0.717) is 12.1 Å². The molecule has 0 aliphatic heterocycles. The van der Waals surface area contributed by atoms with E-state index in [1.165, 1.54) is 0 Å². The van der Waals surface area contributed by atoms with E-state index < -0.39 is 40.0 Å². The van der Waals surface area contributed by atoms with Crippen molar-refractivity contribution in [3.63, 3.8) is 0 Å². The highest BCUT2D eigenvalue weighted by Crippen LogP contribution is 2.38. The highest BCUT2D eigenvalue weighted by molar-refractivity contribution is 9.09. The first-order valence-electron chi connectivity index (χ1n) is 5.02. The molecule has 0 aliphatic carbocycles. The molecule has 9 heteroatoms. The van der Waals surface area contributed by atoms with Gasteiger partial charge in [-0.1, -0.05) is 0 Å². The maximum absolute atomic E-state index is 12.6. The molecule has 2 nitrogen and oxygen atoms in total. The van der Waals surface area contributed by atoms with Crippen LogP contribution in [0.3, 0.4) is 0 Å². The molecule has 1 unspecified atom stereocenters. The fourth-order valence-corrected chi connectivity index (χ4v) is 1.85. The number of hydrogen-bond acceptors (Lipinski definition) is 2. The molecule has 0 spiro atoms. The maximum Gasteiger partial charge on any atom is 0.416 e. The molecule has 0 radical (unpaired) electrons. The van der Waals surface area contributed by atoms with Crippen LogP contribution in [-0.2, 0) is 21.9 Å². The number of ether oxygens (including phenoxy) is 1. The molecule has 1 aromatic carbocycles. The summed E-state index contributed by atoms with van der Waals surface area (Å²) >= 11 is 2.71. The molecule has 0 aromatic heterocycles. The maximum atomic E-state index is 12.6. The van der Waals surface area contributed by atoms with Crippen LogP contribution in [-0.4, -0.2) is 5.97 Å². The third kappa shape index (κ3) is 4.39. The minimum atomic E-state index is -4.95. The van der Waals surface area contributed by atoms with Crippen LogP contribution in [0.5, 0.6) is 0 Å². The zero-order valence-corrected chi connectivity index (χ0v) is 11.4. The van der Waals surface area contributed by atoms with Gasteiger partial charge in [0.15, 0.2) is 5.01 Å². The fraction of sp³-hybridized carbons (Fsp3) is 0.364. The molecule has 0 aliphatic rings. The third-order valence-electron chi connectivity index (χ3n) is 2.14. The lowest BCUT2D eigenvalue weighted by molar-refractivity contribution is -0.143. The second kappa shape index (κ2) is 5.63. The van der Waals surface area contributed by atoms with E-state index in [0.717, 1.165) is 6.92 Å². The average molecular weight is 365 g/mol. The lowest BCUT2D eigenvalue weighted by atomic mass is 10.1. The van der Waals surface area contributed by atoms with Crippen molar-refractivity contribution in [2.75, 3.05) is 0 Å². The van der Waals surface area contributed by atoms with E-state index in [1.807, 2.05) is 0 Å². The molecular weight excluding hydrogens is 358 g/mol. The summed E-state index contributed by atoms with van der Waals surface area (Å²) in [6.07, 6.45) is -9.89. The van der Waals surface area contributed by atoms with Gasteiger partial charge < -0.3 is 4.74 Å². The van der Waals surface area contributed by atoms with Crippen molar-refractivity contribution in [1.29, 1.82) is 0 Å². The Labute approximate surface area is 117 Å². The monoisotopic (exact) mass is 364 g/mol. The van der Waals surface area contributed by atoms with Crippen LogP contribution in [0.1, 0.15) is 28.6 Å². The zero-order valence-electron chi connectivity index (χ0n) is 9.77. The topological polar surface area (TPSA) is 26.3 Å². The second-order valence-corrected chi connectivity index (χ2v) is 4.60. The summed E-state index contributed by atoms with van der Waals surface area (Å²) < 4.78 is 79.9. The largest absolute Gasteiger partial charge is 0.446 e. The first-order chi connectivity index (χ1) is 8.91. The number of carbonyl (C=O) groups excluding carboxylic acids is 1. The average Bonchev–Trinajstić information content (AvgIpc) is 2.25. The van der Waals surface area contributed by atoms with Gasteiger partial charge in [0.05, 0.1) is 11.1 Å². The molecule has 1 aromatic rings. The minimum Gasteiger partial charge on any atom is -0.446 e. The molecule has 0 amide bonds. The number of hydrogen-bond donors (Lipinski definition) is 0. The number of benzene rings is 1. The molecule has 0 bridgehead atoms. The summed E-state index contributed by atoms with van der Waals surface area (Å²) in [5.41, 5.74) is -3.40. The lowest BCUT2D eigenvalue weighted by Crippen LogP contribution is -2.13. The molecular formula is C11H7BrF6O2. The Kier molecular flexibility index (Phi) is 4.73. The summed E-state index contributed by atoms with van der Waals surface area (Å²) in [5.74, 6) is -0.849. The summed E-state index contributed by atoms with van der Waals surface area (Å²) in [6, 6.07) is 0.964. The van der Waals surface area contributed by atoms with Gasteiger partial charge in [0, 0.05) is 12.5 Å². The molecule has 0 N–H and O–H groups in total. The smallest absolute Gasteiger partial charge is 0.416 e. The van der Waals surface area contributed by atoms with Crippen molar-refractivity contribution in [3.8, 4) is 0 Å². The van der Waals surface area contributed by atoms with Crippen molar-refractivity contribution in [2.24, 2.45) is 0 Å². The molecule has 0 saturated carbocycles. The van der Waals surface area contributed by atoms with Crippen LogP contribution < -0.4 is 0 Å². The molecule has 0 saturated heterocycles. The van der Waals surface area contributed by atoms with Crippen molar-refractivity contribution in [1.82, 2.24) is 0 Å². The van der Waals surface area contributed by atoms with E-state index in [4.69, 9.17) is 0 Å². The zero-order chi connectivity index (χ0) is 15.7. The van der Waals surface area contributed by atoms with E-state index in [9.17, 15) is 31.1 Å². The molecule has 20 heavy (non-hydrogen) atoms. The normalized spacial score (nSPS) is 14.0. The molecule has 0 heterocycles. The van der Waals surface area contributed by atoms with Gasteiger partial charge in [-0.25, -0.2) is 0 Å². The van der Waals surface area contributed by atoms with Crippen molar-refractivity contribution in [2.45, 2.75) is 24.3 Å². The number of alkyl halides is 7. The highest BCUT2D eigenvalue weighted by Gasteiger charge is 2.37. The summed E-state index contributed by atoms with van der Waals surface area (Å²) in [4.78, 5) is 10.7. The molecule has 0 fully saturated rings. The predicted molar refractivity (Wildman–Crippen MR) is 59.9 cm³/mol. The van der Waals surface area contributed by atoms with Crippen LogP contribution in [0.25, 0.3) is 0 Å². The second-order valence-electron chi connectivity index (χ2n) is 3.76. The van der Waals surface area contributed by atoms with E-state index >= 15 is 0 Å². The minimum absolute atomic E-state index is 0.00299. The van der Waals surface area contributed by atoms with Gasteiger partial charge >= 0.3 is 18.3 Å². The van der Waals surface area contributed by atoms with E-state index in [2.05, 4.69) is 20.7 Å². The van der Waals surface area contributed by atoms with Gasteiger partial charge in [-0.15, -0.1) is 0 Å². The van der Waals surface area contributed by atoms with E-state index in [1.54, 1.807) is 0 Å². The van der Waals surface area contributed by atoms with Crippen molar-refractivity contribution < 1.29 is 35.9 Å². The van der Waals surface area contributed by atoms with Crippen LogP contribution in [0.2, 0.25) is 0 Å². The Bertz CT molecular complexity index is 476. The van der Waals surface area contributed by atoms with Crippen LogP contribution in [0, 0.1) is 0 Å². The standard InChI is InChI=1S/C11H7BrF6O2/c1-5(19)20-9(12)6-2-7(10(13,14)15)4-8(3-6)11(16,17)18/h2-4,9H,1H3. The Balaban J connectivity index is 3.34. The quantitative estimate of drug-likeness (QED) is 0.432. The Morgan fingerprint density at radius 3 is 1.75 bits per heavy atom. The first kappa shape index (κ1) is 16.8. The van der Waals surface area contributed by atoms with E-state index in [-0.39, 0.29) is 6.07 Å². The van der Waals surface area contributed by atoms with Crippen molar-refractivity contribution in [3.05, 3.63) is 34.9 Å². The predicted octanol–water partition coefficient (Wildman–Crippen LogP) is 4.68. The van der Waals surface area contributed by atoms with Gasteiger partial charge in [0.25, 0.3) is 0 Å². The summed E-state index contributed by atoms with van der Waals surface area (Å²) in [7, 11) is 0. The van der Waals surface area contributed by atoms with Crippen LogP contribution in [0.4, 0.5) is 26.3 Å². The summed E-state index contributed by atoms with van der Waals surface area (Å²) in [6.45, 7) is 0.979. The first-order valence-corrected chi connectivity index (χ1v) is 5.93. The van der Waals surface area contributed by atoms with Gasteiger partial charge in [-0.2, -0.15) is 26.3 Å². The van der Waals surface area contributed by atoms with Gasteiger partial charge in [0.1, 0.15) is 0 Å². The van der Waals surface area contributed by atoms with Gasteiger partial charge in [0.2, 0.25) is 0 Å². The molecule has 112 valence electrons. The summed E-state index contributed by atoms with van der Waals surface area (Å²) in [5, 5.41) is -1.40. The third-order valence-corrected chi connectivity index (χ3v) is 2.86. The lowest BCUT2D eigenvalue weighted by Gasteiger charge is -2.16. The Morgan fingerprint density at radius 1 is 1.05 bits per heavy atom. The number of carbonyl (C=O) groups is 1. The number of halogens is 7. The Hall–Kier alpha value is -1.25. The van der Waals surface area contributed by atoms with Gasteiger partial charge in [-0.05, 0) is 34.1 Å². The van der Waals surface area contributed by atoms with Crippen LogP contribution >= 0.6 is 15.9 Å². The van der Waals surface area contributed by atoms with Crippen LogP contribution in [0.15, 0.2) is 18.2 Å². The number of esters is 1. The fourth-order valence-electron chi connectivity index (χ4n) is 1.32. The molecule has 1 rings (SSSR count). The highest BCUT2D eigenvalue weighted by atomic mass is 79.9. The molecule has 1 atom stereocenters.